The van der Waals surface area contributed by atoms with Gasteiger partial charge < -0.3 is 14.2 Å². The molecule has 0 unspecified atom stereocenters. The van der Waals surface area contributed by atoms with Gasteiger partial charge in [0.15, 0.2) is 0 Å². The zero-order chi connectivity index (χ0) is 21.1. The van der Waals surface area contributed by atoms with Crippen LogP contribution in [0.5, 0.6) is 5.75 Å². The fourth-order valence-corrected chi connectivity index (χ4v) is 5.08. The van der Waals surface area contributed by atoms with Crippen LogP contribution in [0.2, 0.25) is 0 Å². The minimum absolute atomic E-state index is 0.292. The molecule has 1 aliphatic heterocycles. The Hall–Kier alpha value is -3.00. The second-order valence-electron chi connectivity index (χ2n) is 7.43. The first-order chi connectivity index (χ1) is 14.5. The summed E-state index contributed by atoms with van der Waals surface area (Å²) in [6.07, 6.45) is 6.93. The monoisotopic (exact) mass is 426 g/mol. The normalized spacial score (nSPS) is 14.5. The smallest absolute Gasteiger partial charge is 0.263 e. The largest absolute Gasteiger partial charge is 0.494 e. The molecule has 1 N–H and O–H groups in total. The first kappa shape index (κ1) is 20.3. The van der Waals surface area contributed by atoms with E-state index >= 15 is 0 Å². The predicted octanol–water partition coefficient (Wildman–Crippen LogP) is 3.98. The molecule has 4 rings (SSSR count). The number of rotatable bonds is 6. The van der Waals surface area contributed by atoms with Crippen molar-refractivity contribution >= 4 is 21.4 Å². The summed E-state index contributed by atoms with van der Waals surface area (Å²) >= 11 is 0. The van der Waals surface area contributed by atoms with Crippen molar-refractivity contribution in [1.82, 2.24) is 9.55 Å². The summed E-state index contributed by atoms with van der Waals surface area (Å²) in [6, 6.07) is 12.4. The van der Waals surface area contributed by atoms with Crippen molar-refractivity contribution in [1.29, 1.82) is 0 Å². The molecule has 0 spiro atoms. The molecule has 0 radical (unpaired) electrons. The number of nitrogens with one attached hydrogen (secondary N) is 1. The highest BCUT2D eigenvalue weighted by Crippen LogP contribution is 2.31. The number of hydrogen-bond donors (Lipinski definition) is 1. The molecule has 0 amide bonds. The van der Waals surface area contributed by atoms with E-state index in [4.69, 9.17) is 4.74 Å². The highest BCUT2D eigenvalue weighted by Gasteiger charge is 2.23. The van der Waals surface area contributed by atoms with Crippen LogP contribution >= 0.6 is 0 Å². The molecule has 0 aliphatic carbocycles. The SMILES string of the molecule is COc1cc(NS(=O)(=O)c2ccccc2N2CCCCC2)ccc1-n1cnc(C)c1. The fraction of sp³-hybridized carbons (Fsp3) is 0.318. The van der Waals surface area contributed by atoms with Gasteiger partial charge in [0.25, 0.3) is 10.0 Å². The number of aromatic nitrogens is 2. The molecular formula is C22H26N4O3S. The molecule has 1 aliphatic rings. The minimum atomic E-state index is -3.76. The van der Waals surface area contributed by atoms with Crippen molar-refractivity contribution in [3.05, 3.63) is 60.7 Å². The van der Waals surface area contributed by atoms with E-state index in [1.54, 1.807) is 37.7 Å². The van der Waals surface area contributed by atoms with Crippen molar-refractivity contribution in [2.75, 3.05) is 29.8 Å². The Labute approximate surface area is 177 Å². The summed E-state index contributed by atoms with van der Waals surface area (Å²) in [5.41, 5.74) is 2.87. The van der Waals surface area contributed by atoms with E-state index in [0.717, 1.165) is 43.0 Å². The average Bonchev–Trinajstić information content (AvgIpc) is 3.20. The zero-order valence-corrected chi connectivity index (χ0v) is 18.0. The lowest BCUT2D eigenvalue weighted by Crippen LogP contribution is -2.31. The molecule has 1 saturated heterocycles. The Morgan fingerprint density at radius 3 is 2.50 bits per heavy atom. The van der Waals surface area contributed by atoms with E-state index in [-0.39, 0.29) is 0 Å². The van der Waals surface area contributed by atoms with E-state index < -0.39 is 10.0 Å². The zero-order valence-electron chi connectivity index (χ0n) is 17.2. The summed E-state index contributed by atoms with van der Waals surface area (Å²) in [7, 11) is -2.20. The summed E-state index contributed by atoms with van der Waals surface area (Å²) < 4.78 is 36.5. The number of hydrogen-bond acceptors (Lipinski definition) is 5. The van der Waals surface area contributed by atoms with Gasteiger partial charge in [0.2, 0.25) is 0 Å². The molecule has 0 saturated carbocycles. The van der Waals surface area contributed by atoms with E-state index in [0.29, 0.717) is 16.3 Å². The van der Waals surface area contributed by atoms with Gasteiger partial charge in [0, 0.05) is 25.4 Å². The van der Waals surface area contributed by atoms with Gasteiger partial charge in [-0.1, -0.05) is 12.1 Å². The van der Waals surface area contributed by atoms with Crippen LogP contribution in [-0.2, 0) is 10.0 Å². The summed E-state index contributed by atoms with van der Waals surface area (Å²) in [4.78, 5) is 6.68. The Balaban J connectivity index is 1.64. The van der Waals surface area contributed by atoms with Crippen molar-refractivity contribution in [3.63, 3.8) is 0 Å². The number of imidazole rings is 1. The van der Waals surface area contributed by atoms with E-state index in [1.165, 1.54) is 6.42 Å². The summed E-state index contributed by atoms with van der Waals surface area (Å²) in [5.74, 6) is 0.553. The average molecular weight is 427 g/mol. The number of anilines is 2. The number of benzene rings is 2. The van der Waals surface area contributed by atoms with Crippen LogP contribution in [0.1, 0.15) is 25.0 Å². The lowest BCUT2D eigenvalue weighted by Gasteiger charge is -2.30. The molecule has 1 fully saturated rings. The molecule has 0 bridgehead atoms. The Morgan fingerprint density at radius 1 is 1.03 bits per heavy atom. The van der Waals surface area contributed by atoms with Gasteiger partial charge in [0.1, 0.15) is 10.6 Å². The highest BCUT2D eigenvalue weighted by molar-refractivity contribution is 7.92. The predicted molar refractivity (Wildman–Crippen MR) is 118 cm³/mol. The Morgan fingerprint density at radius 2 is 1.80 bits per heavy atom. The van der Waals surface area contributed by atoms with E-state index in [9.17, 15) is 8.42 Å². The molecule has 8 heteroatoms. The van der Waals surface area contributed by atoms with Gasteiger partial charge in [0.05, 0.1) is 36.2 Å². The van der Waals surface area contributed by atoms with Crippen LogP contribution < -0.4 is 14.4 Å². The van der Waals surface area contributed by atoms with Gasteiger partial charge in [-0.15, -0.1) is 0 Å². The standard InChI is InChI=1S/C22H26N4O3S/c1-17-15-26(16-23-17)19-11-10-18(14-21(19)29-2)24-30(27,28)22-9-5-4-8-20(22)25-12-6-3-7-13-25/h4-5,8-11,14-16,24H,3,6-7,12-13H2,1-2H3. The topological polar surface area (TPSA) is 76.5 Å². The third kappa shape index (κ3) is 4.14. The first-order valence-electron chi connectivity index (χ1n) is 10.0. The molecule has 7 nitrogen and oxygen atoms in total. The van der Waals surface area contributed by atoms with Gasteiger partial charge in [-0.3, -0.25) is 4.72 Å². The molecule has 1 aromatic heterocycles. The molecular weight excluding hydrogens is 400 g/mol. The molecule has 2 heterocycles. The highest BCUT2D eigenvalue weighted by atomic mass is 32.2. The van der Waals surface area contributed by atoms with Crippen LogP contribution in [0.15, 0.2) is 59.9 Å². The second-order valence-corrected chi connectivity index (χ2v) is 9.08. The van der Waals surface area contributed by atoms with Gasteiger partial charge in [-0.05, 0) is 50.5 Å². The maximum absolute atomic E-state index is 13.2. The lowest BCUT2D eigenvalue weighted by atomic mass is 10.1. The quantitative estimate of drug-likeness (QED) is 0.645. The number of aryl methyl sites for hydroxylation is 1. The fourth-order valence-electron chi connectivity index (χ4n) is 3.80. The van der Waals surface area contributed by atoms with Crippen LogP contribution in [0, 0.1) is 6.92 Å². The van der Waals surface area contributed by atoms with Gasteiger partial charge in [-0.2, -0.15) is 0 Å². The number of nitrogens with zero attached hydrogens (tertiary/aromatic N) is 3. The number of methoxy groups -OCH3 is 1. The molecule has 30 heavy (non-hydrogen) atoms. The van der Waals surface area contributed by atoms with E-state index in [1.807, 2.05) is 35.9 Å². The maximum Gasteiger partial charge on any atom is 0.263 e. The summed E-state index contributed by atoms with van der Waals surface area (Å²) in [5, 5.41) is 0. The van der Waals surface area contributed by atoms with E-state index in [2.05, 4.69) is 14.6 Å². The molecule has 3 aromatic rings. The number of para-hydroxylation sites is 1. The lowest BCUT2D eigenvalue weighted by molar-refractivity contribution is 0.413. The molecule has 0 atom stereocenters. The number of ether oxygens (including phenoxy) is 1. The van der Waals surface area contributed by atoms with Crippen molar-refractivity contribution < 1.29 is 13.2 Å². The molecule has 2 aromatic carbocycles. The molecule has 158 valence electrons. The van der Waals surface area contributed by atoms with Crippen molar-refractivity contribution in [2.24, 2.45) is 0 Å². The van der Waals surface area contributed by atoms with Crippen molar-refractivity contribution in [3.8, 4) is 11.4 Å². The number of sulfonamides is 1. The summed E-state index contributed by atoms with van der Waals surface area (Å²) in [6.45, 7) is 3.66. The Kier molecular flexibility index (Phi) is 5.67. The maximum atomic E-state index is 13.2. The Bertz CT molecular complexity index is 1130. The van der Waals surface area contributed by atoms with Gasteiger partial charge >= 0.3 is 0 Å². The second kappa shape index (κ2) is 8.39. The van der Waals surface area contributed by atoms with Crippen LogP contribution in [0.3, 0.4) is 0 Å². The number of piperidine rings is 1. The first-order valence-corrected chi connectivity index (χ1v) is 11.5. The van der Waals surface area contributed by atoms with Gasteiger partial charge in [-0.25, -0.2) is 13.4 Å². The van der Waals surface area contributed by atoms with Crippen LogP contribution in [0.4, 0.5) is 11.4 Å². The third-order valence-corrected chi connectivity index (χ3v) is 6.70. The van der Waals surface area contributed by atoms with Crippen LogP contribution in [0.25, 0.3) is 5.69 Å². The minimum Gasteiger partial charge on any atom is -0.494 e. The van der Waals surface area contributed by atoms with Crippen molar-refractivity contribution in [2.45, 2.75) is 31.1 Å². The van der Waals surface area contributed by atoms with Crippen LogP contribution in [-0.4, -0.2) is 38.2 Å². The third-order valence-electron chi connectivity index (χ3n) is 5.27.